The topological polar surface area (TPSA) is 32.9 Å². The minimum absolute atomic E-state index is 0.0354. The van der Waals surface area contributed by atoms with Crippen LogP contribution in [0.4, 0.5) is 17.6 Å². The predicted molar refractivity (Wildman–Crippen MR) is 55.6 cm³/mol. The summed E-state index contributed by atoms with van der Waals surface area (Å²) in [6.07, 6.45) is -3.39. The first-order valence-corrected chi connectivity index (χ1v) is 4.95. The third-order valence-electron chi connectivity index (χ3n) is 2.39. The normalized spacial score (nSPS) is 11.6. The number of rotatable bonds is 2. The zero-order valence-electron chi connectivity index (χ0n) is 8.88. The van der Waals surface area contributed by atoms with E-state index < -0.39 is 28.9 Å². The van der Waals surface area contributed by atoms with Crippen LogP contribution in [0.2, 0.25) is 0 Å². The summed E-state index contributed by atoms with van der Waals surface area (Å²) in [7, 11) is 0. The second-order valence-electron chi connectivity index (χ2n) is 3.58. The van der Waals surface area contributed by atoms with Gasteiger partial charge in [0.05, 0.1) is 16.8 Å². The number of benzene rings is 1. The molecule has 18 heavy (non-hydrogen) atoms. The van der Waals surface area contributed by atoms with Gasteiger partial charge in [-0.25, -0.2) is 4.39 Å². The van der Waals surface area contributed by atoms with E-state index in [1.807, 2.05) is 0 Å². The van der Waals surface area contributed by atoms with Crippen LogP contribution in [0.25, 0.3) is 0 Å². The molecule has 1 aromatic heterocycles. The van der Waals surface area contributed by atoms with Crippen molar-refractivity contribution in [1.29, 1.82) is 0 Å². The monoisotopic (exact) mass is 257 g/mol. The molecule has 0 saturated heterocycles. The lowest BCUT2D eigenvalue weighted by atomic mass is 10.0. The van der Waals surface area contributed by atoms with Crippen LogP contribution in [-0.2, 0) is 6.18 Å². The van der Waals surface area contributed by atoms with Gasteiger partial charge in [0.2, 0.25) is 5.78 Å². The van der Waals surface area contributed by atoms with E-state index in [1.165, 1.54) is 18.3 Å². The highest BCUT2D eigenvalue weighted by molar-refractivity contribution is 6.08. The van der Waals surface area contributed by atoms with Crippen molar-refractivity contribution < 1.29 is 22.4 Å². The molecule has 0 fully saturated rings. The highest BCUT2D eigenvalue weighted by Crippen LogP contribution is 2.32. The molecule has 94 valence electrons. The van der Waals surface area contributed by atoms with Crippen molar-refractivity contribution in [2.45, 2.75) is 6.18 Å². The highest BCUT2D eigenvalue weighted by Gasteiger charge is 2.35. The summed E-state index contributed by atoms with van der Waals surface area (Å²) >= 11 is 0. The smallest absolute Gasteiger partial charge is 0.359 e. The maximum atomic E-state index is 13.7. The average molecular weight is 257 g/mol. The Balaban J connectivity index is 2.50. The number of ketones is 1. The van der Waals surface area contributed by atoms with Gasteiger partial charge >= 0.3 is 6.18 Å². The Labute approximate surface area is 99.3 Å². The van der Waals surface area contributed by atoms with E-state index in [0.717, 1.165) is 12.1 Å². The van der Waals surface area contributed by atoms with Crippen LogP contribution >= 0.6 is 0 Å². The van der Waals surface area contributed by atoms with Crippen LogP contribution in [0.5, 0.6) is 0 Å². The number of carbonyl (C=O) groups is 1. The Kier molecular flexibility index (Phi) is 2.94. The number of alkyl halides is 3. The van der Waals surface area contributed by atoms with Crippen molar-refractivity contribution in [3.63, 3.8) is 0 Å². The van der Waals surface area contributed by atoms with Crippen molar-refractivity contribution in [3.8, 4) is 0 Å². The Bertz CT molecular complexity index is 572. The molecule has 6 heteroatoms. The molecule has 0 aliphatic carbocycles. The molecule has 0 spiro atoms. The molecule has 1 heterocycles. The summed E-state index contributed by atoms with van der Waals surface area (Å²) in [6, 6.07) is 5.48. The number of halogens is 4. The van der Waals surface area contributed by atoms with Gasteiger partial charge in [-0.15, -0.1) is 0 Å². The quantitative estimate of drug-likeness (QED) is 0.649. The third kappa shape index (κ3) is 2.13. The van der Waals surface area contributed by atoms with Gasteiger partial charge in [-0.05, 0) is 24.3 Å². The number of H-pyrrole nitrogens is 1. The predicted octanol–water partition coefficient (Wildman–Crippen LogP) is 3.40. The fourth-order valence-electron chi connectivity index (χ4n) is 1.54. The lowest BCUT2D eigenvalue weighted by Crippen LogP contribution is -2.13. The summed E-state index contributed by atoms with van der Waals surface area (Å²) in [6.45, 7) is 0. The second-order valence-corrected chi connectivity index (χ2v) is 3.58. The summed E-state index contributed by atoms with van der Waals surface area (Å²) in [5, 5.41) is 0. The Morgan fingerprint density at radius 3 is 2.39 bits per heavy atom. The molecule has 2 rings (SSSR count). The molecule has 2 aromatic rings. The first kappa shape index (κ1) is 12.3. The molecular weight excluding hydrogens is 250 g/mol. The van der Waals surface area contributed by atoms with Gasteiger partial charge in [0.25, 0.3) is 0 Å². The van der Waals surface area contributed by atoms with E-state index in [4.69, 9.17) is 0 Å². The molecule has 0 atom stereocenters. The summed E-state index contributed by atoms with van der Waals surface area (Å²) < 4.78 is 51.1. The van der Waals surface area contributed by atoms with Crippen LogP contribution in [-0.4, -0.2) is 10.8 Å². The number of hydrogen-bond acceptors (Lipinski definition) is 1. The SMILES string of the molecule is O=C(c1ccc[nH]1)c1cccc(C(F)(F)F)c1F. The van der Waals surface area contributed by atoms with Crippen molar-refractivity contribution in [1.82, 2.24) is 4.98 Å². The first-order chi connectivity index (χ1) is 8.41. The number of carbonyl (C=O) groups excluding carboxylic acids is 1. The van der Waals surface area contributed by atoms with Gasteiger partial charge in [0.1, 0.15) is 5.82 Å². The van der Waals surface area contributed by atoms with E-state index in [-0.39, 0.29) is 5.69 Å². The first-order valence-electron chi connectivity index (χ1n) is 4.95. The maximum Gasteiger partial charge on any atom is 0.419 e. The molecule has 0 bridgehead atoms. The summed E-state index contributed by atoms with van der Waals surface area (Å²) in [4.78, 5) is 14.3. The fraction of sp³-hybridized carbons (Fsp3) is 0.0833. The number of aromatic amines is 1. The lowest BCUT2D eigenvalue weighted by molar-refractivity contribution is -0.140. The third-order valence-corrected chi connectivity index (χ3v) is 2.39. The molecule has 0 amide bonds. The largest absolute Gasteiger partial charge is 0.419 e. The molecule has 2 nitrogen and oxygen atoms in total. The molecule has 0 aliphatic rings. The minimum atomic E-state index is -4.82. The summed E-state index contributed by atoms with van der Waals surface area (Å²) in [5.74, 6) is -2.37. The Hall–Kier alpha value is -2.11. The van der Waals surface area contributed by atoms with E-state index >= 15 is 0 Å². The minimum Gasteiger partial charge on any atom is -0.359 e. The highest BCUT2D eigenvalue weighted by atomic mass is 19.4. The van der Waals surface area contributed by atoms with Gasteiger partial charge in [-0.2, -0.15) is 13.2 Å². The molecular formula is C12H7F4NO. The molecule has 0 aliphatic heterocycles. The number of aromatic nitrogens is 1. The van der Waals surface area contributed by atoms with Crippen molar-refractivity contribution in [2.24, 2.45) is 0 Å². The van der Waals surface area contributed by atoms with Crippen molar-refractivity contribution in [2.75, 3.05) is 0 Å². The fourth-order valence-corrected chi connectivity index (χ4v) is 1.54. The van der Waals surface area contributed by atoms with Gasteiger partial charge in [0, 0.05) is 6.20 Å². The van der Waals surface area contributed by atoms with Crippen LogP contribution in [0.15, 0.2) is 36.5 Å². The van der Waals surface area contributed by atoms with Crippen molar-refractivity contribution in [3.05, 3.63) is 59.2 Å². The molecule has 0 unspecified atom stereocenters. The Morgan fingerprint density at radius 1 is 1.11 bits per heavy atom. The van der Waals surface area contributed by atoms with E-state index in [0.29, 0.717) is 6.07 Å². The van der Waals surface area contributed by atoms with Crippen molar-refractivity contribution >= 4 is 5.78 Å². The van der Waals surface area contributed by atoms with Crippen LogP contribution < -0.4 is 0 Å². The number of hydrogen-bond donors (Lipinski definition) is 1. The summed E-state index contributed by atoms with van der Waals surface area (Å²) in [5.41, 5.74) is -2.01. The average Bonchev–Trinajstić information content (AvgIpc) is 2.80. The van der Waals surface area contributed by atoms with E-state index in [9.17, 15) is 22.4 Å². The van der Waals surface area contributed by atoms with Crippen LogP contribution in [0.3, 0.4) is 0 Å². The van der Waals surface area contributed by atoms with Gasteiger partial charge < -0.3 is 4.98 Å². The van der Waals surface area contributed by atoms with Crippen LogP contribution in [0.1, 0.15) is 21.6 Å². The molecule has 0 radical (unpaired) electrons. The second kappa shape index (κ2) is 4.29. The zero-order chi connectivity index (χ0) is 13.3. The lowest BCUT2D eigenvalue weighted by Gasteiger charge is -2.10. The van der Waals surface area contributed by atoms with Gasteiger partial charge in [-0.3, -0.25) is 4.79 Å². The standard InChI is InChI=1S/C12H7F4NO/c13-10-7(11(18)9-5-2-6-17-9)3-1-4-8(10)12(14,15)16/h1-6,17H. The Morgan fingerprint density at radius 2 is 1.83 bits per heavy atom. The van der Waals surface area contributed by atoms with E-state index in [2.05, 4.69) is 4.98 Å². The molecule has 1 aromatic carbocycles. The van der Waals surface area contributed by atoms with Crippen LogP contribution in [0, 0.1) is 5.82 Å². The molecule has 0 saturated carbocycles. The number of nitrogens with one attached hydrogen (secondary N) is 1. The molecule has 1 N–H and O–H groups in total. The van der Waals surface area contributed by atoms with E-state index in [1.54, 1.807) is 0 Å². The maximum absolute atomic E-state index is 13.7. The van der Waals surface area contributed by atoms with Gasteiger partial charge in [-0.1, -0.05) is 6.07 Å². The van der Waals surface area contributed by atoms with Gasteiger partial charge in [0.15, 0.2) is 0 Å². The zero-order valence-corrected chi connectivity index (χ0v) is 8.88.